The second kappa shape index (κ2) is 6.87. The van der Waals surface area contributed by atoms with E-state index in [1.807, 2.05) is 24.9 Å². The van der Waals surface area contributed by atoms with E-state index in [0.717, 1.165) is 29.6 Å². The van der Waals surface area contributed by atoms with Crippen molar-refractivity contribution in [2.75, 3.05) is 39.1 Å². The number of rotatable bonds is 7. The molecule has 0 saturated carbocycles. The Bertz CT molecular complexity index is 386. The monoisotopic (exact) mass is 269 g/mol. The molecule has 1 aromatic carbocycles. The molecule has 1 unspecified atom stereocenters. The molecule has 1 aliphatic heterocycles. The first-order chi connectivity index (χ1) is 8.85. The van der Waals surface area contributed by atoms with Crippen molar-refractivity contribution in [1.82, 2.24) is 5.32 Å². The molecule has 1 aromatic rings. The van der Waals surface area contributed by atoms with Gasteiger partial charge in [-0.3, -0.25) is 0 Å². The van der Waals surface area contributed by atoms with E-state index in [0.29, 0.717) is 12.8 Å². The maximum absolute atomic E-state index is 5.40. The van der Waals surface area contributed by atoms with Crippen LogP contribution in [0.5, 0.6) is 11.5 Å². The predicted molar refractivity (Wildman–Crippen MR) is 73.6 cm³/mol. The van der Waals surface area contributed by atoms with Gasteiger partial charge in [0.25, 0.3) is 0 Å². The van der Waals surface area contributed by atoms with Crippen LogP contribution in [-0.2, 0) is 4.74 Å². The Kier molecular flexibility index (Phi) is 5.16. The second-order valence-corrected chi connectivity index (χ2v) is 5.17. The summed E-state index contributed by atoms with van der Waals surface area (Å²) in [5, 5.41) is 3.33. The first-order valence-corrected chi connectivity index (χ1v) is 7.14. The summed E-state index contributed by atoms with van der Waals surface area (Å²) in [5.74, 6) is 3.70. The van der Waals surface area contributed by atoms with Crippen LogP contribution in [0.15, 0.2) is 18.2 Å². The summed E-state index contributed by atoms with van der Waals surface area (Å²) in [6.07, 6.45) is 0. The van der Waals surface area contributed by atoms with Gasteiger partial charge in [-0.2, -0.15) is 11.8 Å². The Morgan fingerprint density at radius 1 is 1.39 bits per heavy atom. The van der Waals surface area contributed by atoms with Crippen molar-refractivity contribution in [2.24, 2.45) is 0 Å². The van der Waals surface area contributed by atoms with Crippen molar-refractivity contribution in [1.29, 1.82) is 0 Å². The van der Waals surface area contributed by atoms with Crippen molar-refractivity contribution in [3.05, 3.63) is 23.8 Å². The Balaban J connectivity index is 1.94. The van der Waals surface area contributed by atoms with Gasteiger partial charge in [0.1, 0.15) is 0 Å². The third-order valence-corrected chi connectivity index (χ3v) is 3.89. The summed E-state index contributed by atoms with van der Waals surface area (Å²) in [6, 6.07) is 6.44. The Hall–Kier alpha value is -0.910. The first kappa shape index (κ1) is 13.5. The molecule has 4 nitrogen and oxygen atoms in total. The largest absolute Gasteiger partial charge is 0.454 e. The maximum atomic E-state index is 5.40. The number of ether oxygens (including phenoxy) is 3. The summed E-state index contributed by atoms with van der Waals surface area (Å²) < 4.78 is 15.8. The van der Waals surface area contributed by atoms with Gasteiger partial charge in [-0.1, -0.05) is 6.07 Å². The molecule has 0 radical (unpaired) electrons. The maximum Gasteiger partial charge on any atom is 0.231 e. The van der Waals surface area contributed by atoms with E-state index in [-0.39, 0.29) is 0 Å². The number of fused-ring (bicyclic) bond motifs is 1. The fraction of sp³-hybridized carbons (Fsp3) is 0.538. The normalized spacial score (nSPS) is 14.8. The minimum absolute atomic E-state index is 0.321. The van der Waals surface area contributed by atoms with E-state index >= 15 is 0 Å². The summed E-state index contributed by atoms with van der Waals surface area (Å²) in [5.41, 5.74) is 1.23. The Morgan fingerprint density at radius 2 is 2.22 bits per heavy atom. The van der Waals surface area contributed by atoms with Crippen LogP contribution in [0.1, 0.15) is 11.6 Å². The van der Waals surface area contributed by atoms with Gasteiger partial charge in [-0.25, -0.2) is 0 Å². The molecule has 2 rings (SSSR count). The average molecular weight is 269 g/mol. The molecule has 1 atom stereocenters. The zero-order valence-corrected chi connectivity index (χ0v) is 11.6. The molecule has 5 heteroatoms. The van der Waals surface area contributed by atoms with Gasteiger partial charge in [0.15, 0.2) is 11.5 Å². The highest BCUT2D eigenvalue weighted by Crippen LogP contribution is 2.34. The third-order valence-electron chi connectivity index (χ3n) is 2.86. The molecule has 0 saturated heterocycles. The number of benzene rings is 1. The molecule has 0 aliphatic carbocycles. The lowest BCUT2D eigenvalue weighted by atomic mass is 10.1. The zero-order valence-electron chi connectivity index (χ0n) is 10.8. The minimum Gasteiger partial charge on any atom is -0.454 e. The van der Waals surface area contributed by atoms with E-state index in [1.165, 1.54) is 5.56 Å². The Labute approximate surface area is 112 Å². The van der Waals surface area contributed by atoms with E-state index in [9.17, 15) is 0 Å². The topological polar surface area (TPSA) is 39.7 Å². The molecule has 0 aromatic heterocycles. The van der Waals surface area contributed by atoms with Crippen LogP contribution in [0.25, 0.3) is 0 Å². The van der Waals surface area contributed by atoms with Gasteiger partial charge in [0, 0.05) is 24.7 Å². The number of methoxy groups -OCH3 is 1. The molecule has 1 heterocycles. The molecule has 0 fully saturated rings. The highest BCUT2D eigenvalue weighted by Gasteiger charge is 2.16. The van der Waals surface area contributed by atoms with Gasteiger partial charge in [0.2, 0.25) is 6.79 Å². The van der Waals surface area contributed by atoms with E-state index in [1.54, 1.807) is 7.11 Å². The van der Waals surface area contributed by atoms with Crippen molar-refractivity contribution in [3.8, 4) is 11.5 Å². The highest BCUT2D eigenvalue weighted by molar-refractivity contribution is 7.99. The summed E-state index contributed by atoms with van der Waals surface area (Å²) in [4.78, 5) is 0. The van der Waals surface area contributed by atoms with E-state index < -0.39 is 0 Å². The summed E-state index contributed by atoms with van der Waals surface area (Å²) in [6.45, 7) is 1.12. The first-order valence-electron chi connectivity index (χ1n) is 5.98. The van der Waals surface area contributed by atoms with Crippen LogP contribution in [0, 0.1) is 0 Å². The minimum atomic E-state index is 0.321. The number of hydrogen-bond donors (Lipinski definition) is 1. The second-order valence-electron chi connectivity index (χ2n) is 4.02. The molecular weight excluding hydrogens is 250 g/mol. The van der Waals surface area contributed by atoms with Gasteiger partial charge in [0.05, 0.1) is 6.61 Å². The van der Waals surface area contributed by atoms with Crippen molar-refractivity contribution in [2.45, 2.75) is 6.04 Å². The van der Waals surface area contributed by atoms with Gasteiger partial charge in [-0.15, -0.1) is 0 Å². The lowest BCUT2D eigenvalue weighted by Crippen LogP contribution is -2.19. The van der Waals surface area contributed by atoms with Crippen molar-refractivity contribution < 1.29 is 14.2 Å². The SMILES string of the molecule is CNC(CSCCOC)c1ccc2c(c1)OCO2. The predicted octanol–water partition coefficient (Wildman–Crippen LogP) is 2.06. The number of nitrogens with one attached hydrogen (secondary N) is 1. The van der Waals surface area contributed by atoms with Crippen LogP contribution < -0.4 is 14.8 Å². The molecule has 18 heavy (non-hydrogen) atoms. The molecular formula is C13H19NO3S. The van der Waals surface area contributed by atoms with Crippen molar-refractivity contribution >= 4 is 11.8 Å². The fourth-order valence-corrected chi connectivity index (χ4v) is 2.87. The zero-order chi connectivity index (χ0) is 12.8. The average Bonchev–Trinajstić information content (AvgIpc) is 2.86. The molecule has 100 valence electrons. The smallest absolute Gasteiger partial charge is 0.231 e. The standard InChI is InChI=1S/C13H19NO3S/c1-14-11(8-18-6-5-15-2)10-3-4-12-13(7-10)17-9-16-12/h3-4,7,11,14H,5-6,8-9H2,1-2H3. The molecule has 1 aliphatic rings. The van der Waals surface area contributed by atoms with Crippen molar-refractivity contribution in [3.63, 3.8) is 0 Å². The van der Waals surface area contributed by atoms with Crippen LogP contribution in [-0.4, -0.2) is 39.1 Å². The Morgan fingerprint density at radius 3 is 3.00 bits per heavy atom. The van der Waals surface area contributed by atoms with Gasteiger partial charge >= 0.3 is 0 Å². The van der Waals surface area contributed by atoms with Crippen LogP contribution >= 0.6 is 11.8 Å². The highest BCUT2D eigenvalue weighted by atomic mass is 32.2. The number of hydrogen-bond acceptors (Lipinski definition) is 5. The van der Waals surface area contributed by atoms with Crippen LogP contribution in [0.3, 0.4) is 0 Å². The van der Waals surface area contributed by atoms with E-state index in [2.05, 4.69) is 17.4 Å². The molecule has 0 amide bonds. The lowest BCUT2D eigenvalue weighted by Gasteiger charge is -2.16. The third kappa shape index (κ3) is 3.31. The van der Waals surface area contributed by atoms with Gasteiger partial charge < -0.3 is 19.5 Å². The van der Waals surface area contributed by atoms with Gasteiger partial charge in [-0.05, 0) is 24.7 Å². The van der Waals surface area contributed by atoms with Crippen LogP contribution in [0.4, 0.5) is 0 Å². The molecule has 0 bridgehead atoms. The fourth-order valence-electron chi connectivity index (χ4n) is 1.82. The molecule has 0 spiro atoms. The van der Waals surface area contributed by atoms with E-state index in [4.69, 9.17) is 14.2 Å². The number of thioether (sulfide) groups is 1. The van der Waals surface area contributed by atoms with Crippen LogP contribution in [0.2, 0.25) is 0 Å². The molecule has 1 N–H and O–H groups in total. The summed E-state index contributed by atoms with van der Waals surface area (Å²) in [7, 11) is 3.71. The lowest BCUT2D eigenvalue weighted by molar-refractivity contribution is 0.174. The summed E-state index contributed by atoms with van der Waals surface area (Å²) >= 11 is 1.88. The quantitative estimate of drug-likeness (QED) is 0.767.